The first kappa shape index (κ1) is 26.1. The van der Waals surface area contributed by atoms with Crippen LogP contribution in [-0.4, -0.2) is 59.5 Å². The SMILES string of the molecule is CCCCCCCO[Si](CC)(CCCN1CCOCC1)OCCCCCCC. The molecule has 0 aromatic rings. The predicted octanol–water partition coefficient (Wildman–Crippen LogP) is 6.14. The van der Waals surface area contributed by atoms with E-state index in [1.54, 1.807) is 0 Å². The molecule has 0 radical (unpaired) electrons. The van der Waals surface area contributed by atoms with Crippen molar-refractivity contribution in [1.29, 1.82) is 0 Å². The maximum absolute atomic E-state index is 6.55. The zero-order chi connectivity index (χ0) is 20.3. The third-order valence-corrected chi connectivity index (χ3v) is 9.55. The molecular weight excluding hydrogens is 366 g/mol. The molecule has 0 aliphatic carbocycles. The van der Waals surface area contributed by atoms with Gasteiger partial charge in [0, 0.05) is 26.3 Å². The lowest BCUT2D eigenvalue weighted by atomic mass is 10.2. The molecule has 0 N–H and O–H groups in total. The topological polar surface area (TPSA) is 30.9 Å². The summed E-state index contributed by atoms with van der Waals surface area (Å²) in [6.45, 7) is 13.7. The summed E-state index contributed by atoms with van der Waals surface area (Å²) in [6.07, 6.45) is 14.2. The zero-order valence-corrected chi connectivity index (χ0v) is 20.3. The highest BCUT2D eigenvalue weighted by Crippen LogP contribution is 2.23. The molecule has 0 bridgehead atoms. The van der Waals surface area contributed by atoms with Crippen molar-refractivity contribution in [1.82, 2.24) is 4.90 Å². The highest BCUT2D eigenvalue weighted by molar-refractivity contribution is 6.67. The van der Waals surface area contributed by atoms with Gasteiger partial charge in [0.25, 0.3) is 0 Å². The fourth-order valence-electron chi connectivity index (χ4n) is 3.89. The van der Waals surface area contributed by atoms with Gasteiger partial charge in [0.15, 0.2) is 0 Å². The Hall–Kier alpha value is 0.0569. The highest BCUT2D eigenvalue weighted by atomic mass is 28.4. The second-order valence-electron chi connectivity index (χ2n) is 8.35. The van der Waals surface area contributed by atoms with Crippen molar-refractivity contribution < 1.29 is 13.6 Å². The van der Waals surface area contributed by atoms with Crippen molar-refractivity contribution >= 4 is 8.56 Å². The van der Waals surface area contributed by atoms with Crippen LogP contribution in [-0.2, 0) is 13.6 Å². The molecule has 0 amide bonds. The van der Waals surface area contributed by atoms with Gasteiger partial charge in [-0.15, -0.1) is 0 Å². The maximum atomic E-state index is 6.55. The summed E-state index contributed by atoms with van der Waals surface area (Å²) in [5, 5.41) is 0. The summed E-state index contributed by atoms with van der Waals surface area (Å²) in [4.78, 5) is 2.54. The van der Waals surface area contributed by atoms with Crippen LogP contribution < -0.4 is 0 Å². The van der Waals surface area contributed by atoms with Crippen LogP contribution in [0.4, 0.5) is 0 Å². The van der Waals surface area contributed by atoms with Crippen LogP contribution in [0.2, 0.25) is 12.1 Å². The molecule has 28 heavy (non-hydrogen) atoms. The van der Waals surface area contributed by atoms with Gasteiger partial charge in [-0.2, -0.15) is 0 Å². The van der Waals surface area contributed by atoms with Crippen LogP contribution in [0.1, 0.15) is 91.4 Å². The second-order valence-corrected chi connectivity index (χ2v) is 12.0. The molecule has 1 saturated heterocycles. The summed E-state index contributed by atoms with van der Waals surface area (Å²) in [7, 11) is -2.05. The molecule has 0 aromatic carbocycles. The fraction of sp³-hybridized carbons (Fsp3) is 1.00. The highest BCUT2D eigenvalue weighted by Gasteiger charge is 2.35. The summed E-state index contributed by atoms with van der Waals surface area (Å²) >= 11 is 0. The molecule has 0 aromatic heterocycles. The molecule has 1 aliphatic rings. The minimum atomic E-state index is -2.05. The van der Waals surface area contributed by atoms with Gasteiger partial charge in [-0.25, -0.2) is 0 Å². The Labute approximate surface area is 176 Å². The largest absolute Gasteiger partial charge is 0.394 e. The number of nitrogens with zero attached hydrogens (tertiary/aromatic N) is 1. The molecule has 0 atom stereocenters. The minimum Gasteiger partial charge on any atom is -0.394 e. The van der Waals surface area contributed by atoms with E-state index >= 15 is 0 Å². The van der Waals surface area contributed by atoms with Crippen molar-refractivity contribution in [2.24, 2.45) is 0 Å². The Morgan fingerprint density at radius 2 is 1.25 bits per heavy atom. The molecule has 1 fully saturated rings. The standard InChI is InChI=1S/C23H49NO3Si/c1-4-7-9-11-13-19-26-28(6-3,27-20-14-12-10-8-5-2)23-15-16-24-17-21-25-22-18-24/h4-23H2,1-3H3. The monoisotopic (exact) mass is 415 g/mol. The van der Waals surface area contributed by atoms with Gasteiger partial charge >= 0.3 is 8.56 Å². The normalized spacial score (nSPS) is 16.0. The lowest BCUT2D eigenvalue weighted by Gasteiger charge is -2.32. The van der Waals surface area contributed by atoms with Gasteiger partial charge in [-0.1, -0.05) is 72.1 Å². The van der Waals surface area contributed by atoms with Gasteiger partial charge in [0.05, 0.1) is 13.2 Å². The quantitative estimate of drug-likeness (QED) is 0.187. The molecule has 1 rings (SSSR count). The fourth-order valence-corrected chi connectivity index (χ4v) is 6.75. The lowest BCUT2D eigenvalue weighted by molar-refractivity contribution is 0.0375. The van der Waals surface area contributed by atoms with Crippen LogP contribution in [0.5, 0.6) is 0 Å². The number of rotatable bonds is 19. The zero-order valence-electron chi connectivity index (χ0n) is 19.3. The van der Waals surface area contributed by atoms with E-state index in [9.17, 15) is 0 Å². The molecule has 168 valence electrons. The van der Waals surface area contributed by atoms with Crippen molar-refractivity contribution in [2.75, 3.05) is 46.1 Å². The average Bonchev–Trinajstić information content (AvgIpc) is 2.73. The molecule has 4 nitrogen and oxygen atoms in total. The Kier molecular flexibility index (Phi) is 16.7. The summed E-state index contributed by atoms with van der Waals surface area (Å²) in [5.41, 5.74) is 0. The Morgan fingerprint density at radius 3 is 1.75 bits per heavy atom. The van der Waals surface area contributed by atoms with E-state index < -0.39 is 8.56 Å². The van der Waals surface area contributed by atoms with E-state index in [1.807, 2.05) is 0 Å². The summed E-state index contributed by atoms with van der Waals surface area (Å²) in [5.74, 6) is 0. The van der Waals surface area contributed by atoms with Crippen molar-refractivity contribution in [3.05, 3.63) is 0 Å². The van der Waals surface area contributed by atoms with E-state index in [-0.39, 0.29) is 0 Å². The van der Waals surface area contributed by atoms with Gasteiger partial charge in [0.2, 0.25) is 0 Å². The molecule has 0 spiro atoms. The molecular formula is C23H49NO3Si. The predicted molar refractivity (Wildman–Crippen MR) is 122 cm³/mol. The van der Waals surface area contributed by atoms with E-state index in [4.69, 9.17) is 13.6 Å². The molecule has 0 saturated carbocycles. The van der Waals surface area contributed by atoms with Crippen LogP contribution in [0.15, 0.2) is 0 Å². The van der Waals surface area contributed by atoms with E-state index in [1.165, 1.54) is 70.6 Å². The first-order valence-electron chi connectivity index (χ1n) is 12.3. The van der Waals surface area contributed by atoms with Crippen LogP contribution in [0.3, 0.4) is 0 Å². The Balaban J connectivity index is 2.37. The van der Waals surface area contributed by atoms with Gasteiger partial charge in [-0.05, 0) is 37.9 Å². The van der Waals surface area contributed by atoms with Crippen LogP contribution >= 0.6 is 0 Å². The van der Waals surface area contributed by atoms with Crippen molar-refractivity contribution in [3.63, 3.8) is 0 Å². The molecule has 1 aliphatic heterocycles. The van der Waals surface area contributed by atoms with E-state index in [2.05, 4.69) is 25.7 Å². The Bertz CT molecular complexity index is 322. The smallest absolute Gasteiger partial charge is 0.337 e. The summed E-state index contributed by atoms with van der Waals surface area (Å²) < 4.78 is 18.6. The molecule has 5 heteroatoms. The molecule has 1 heterocycles. The van der Waals surface area contributed by atoms with Gasteiger partial charge in [-0.3, -0.25) is 4.90 Å². The van der Waals surface area contributed by atoms with E-state index in [0.717, 1.165) is 58.1 Å². The van der Waals surface area contributed by atoms with Crippen molar-refractivity contribution in [2.45, 2.75) is 103 Å². The third-order valence-electron chi connectivity index (χ3n) is 5.90. The molecule has 0 unspecified atom stereocenters. The Morgan fingerprint density at radius 1 is 0.714 bits per heavy atom. The second kappa shape index (κ2) is 17.9. The first-order valence-corrected chi connectivity index (χ1v) is 14.6. The third kappa shape index (κ3) is 12.6. The van der Waals surface area contributed by atoms with Gasteiger partial charge < -0.3 is 13.6 Å². The average molecular weight is 416 g/mol. The first-order chi connectivity index (χ1) is 13.8. The van der Waals surface area contributed by atoms with Crippen LogP contribution in [0.25, 0.3) is 0 Å². The maximum Gasteiger partial charge on any atom is 0.337 e. The van der Waals surface area contributed by atoms with Crippen molar-refractivity contribution in [3.8, 4) is 0 Å². The summed E-state index contributed by atoms with van der Waals surface area (Å²) in [6, 6.07) is 2.23. The number of ether oxygens (including phenoxy) is 1. The van der Waals surface area contributed by atoms with E-state index in [0.29, 0.717) is 0 Å². The number of unbranched alkanes of at least 4 members (excludes halogenated alkanes) is 8. The number of hydrogen-bond acceptors (Lipinski definition) is 4. The number of morpholine rings is 1. The van der Waals surface area contributed by atoms with Crippen LogP contribution in [0, 0.1) is 0 Å². The lowest BCUT2D eigenvalue weighted by Crippen LogP contribution is -2.43. The minimum absolute atomic E-state index is 0.888. The van der Waals surface area contributed by atoms with Gasteiger partial charge in [0.1, 0.15) is 0 Å². The number of hydrogen-bond donors (Lipinski definition) is 0.